The van der Waals surface area contributed by atoms with Crippen LogP contribution in [-0.2, 0) is 5.41 Å². The number of nitrogens with zero attached hydrogens (tertiary/aromatic N) is 3. The van der Waals surface area contributed by atoms with E-state index in [1.165, 1.54) is 6.33 Å². The summed E-state index contributed by atoms with van der Waals surface area (Å²) in [5.74, 6) is 0.465. The van der Waals surface area contributed by atoms with Crippen molar-refractivity contribution < 1.29 is 9.53 Å². The maximum Gasteiger partial charge on any atom is 0.409 e. The van der Waals surface area contributed by atoms with Crippen LogP contribution in [0.4, 0.5) is 4.79 Å². The minimum Gasteiger partial charge on any atom is -0.410 e. The van der Waals surface area contributed by atoms with Gasteiger partial charge in [-0.05, 0) is 36.0 Å². The van der Waals surface area contributed by atoms with E-state index in [1.54, 1.807) is 6.07 Å². The molecule has 3 aromatic rings. The van der Waals surface area contributed by atoms with Gasteiger partial charge in [0.15, 0.2) is 0 Å². The van der Waals surface area contributed by atoms with Crippen LogP contribution in [0.15, 0.2) is 30.7 Å². The third-order valence-corrected chi connectivity index (χ3v) is 5.10. The Morgan fingerprint density at radius 2 is 2.04 bits per heavy atom. The number of carbonyl (C=O) groups is 1. The van der Waals surface area contributed by atoms with Gasteiger partial charge in [-0.15, -0.1) is 0 Å². The SMILES string of the molecule is CC(C)(C)c1cc(-c2cn(C3CC3)c3ncnc(Cl)c23)ccc1OC(N)=O. The molecule has 0 saturated heterocycles. The van der Waals surface area contributed by atoms with E-state index in [0.717, 1.165) is 40.6 Å². The quantitative estimate of drug-likeness (QED) is 0.655. The monoisotopic (exact) mass is 384 g/mol. The molecular weight excluding hydrogens is 364 g/mol. The number of primary amides is 1. The summed E-state index contributed by atoms with van der Waals surface area (Å²) in [5.41, 5.74) is 8.66. The van der Waals surface area contributed by atoms with Gasteiger partial charge < -0.3 is 15.0 Å². The van der Waals surface area contributed by atoms with E-state index in [0.29, 0.717) is 16.9 Å². The Balaban J connectivity index is 1.93. The number of fused-ring (bicyclic) bond motifs is 1. The second kappa shape index (κ2) is 6.23. The molecule has 0 spiro atoms. The predicted molar refractivity (Wildman–Crippen MR) is 105 cm³/mol. The zero-order valence-electron chi connectivity index (χ0n) is 15.5. The first kappa shape index (κ1) is 17.8. The average molecular weight is 385 g/mol. The van der Waals surface area contributed by atoms with Gasteiger partial charge in [-0.25, -0.2) is 14.8 Å². The van der Waals surface area contributed by atoms with Gasteiger partial charge >= 0.3 is 6.09 Å². The van der Waals surface area contributed by atoms with E-state index in [-0.39, 0.29) is 5.41 Å². The van der Waals surface area contributed by atoms with Gasteiger partial charge in [-0.3, -0.25) is 0 Å². The zero-order chi connectivity index (χ0) is 19.3. The van der Waals surface area contributed by atoms with Crippen molar-refractivity contribution >= 4 is 28.7 Å². The zero-order valence-corrected chi connectivity index (χ0v) is 16.2. The van der Waals surface area contributed by atoms with Crippen LogP contribution in [-0.4, -0.2) is 20.6 Å². The number of rotatable bonds is 3. The summed E-state index contributed by atoms with van der Waals surface area (Å²) in [6.07, 6.45) is 5.05. The van der Waals surface area contributed by atoms with Gasteiger partial charge in [0.1, 0.15) is 22.9 Å². The number of aromatic nitrogens is 3. The van der Waals surface area contributed by atoms with Gasteiger partial charge in [0.05, 0.1) is 5.39 Å². The molecule has 2 aromatic heterocycles. The van der Waals surface area contributed by atoms with Gasteiger partial charge in [-0.2, -0.15) is 0 Å². The molecule has 1 aromatic carbocycles. The van der Waals surface area contributed by atoms with Crippen molar-refractivity contribution in [1.29, 1.82) is 0 Å². The summed E-state index contributed by atoms with van der Waals surface area (Å²) in [4.78, 5) is 19.9. The molecule has 0 atom stereocenters. The van der Waals surface area contributed by atoms with Crippen LogP contribution in [0.3, 0.4) is 0 Å². The van der Waals surface area contributed by atoms with Crippen LogP contribution in [0.5, 0.6) is 5.75 Å². The van der Waals surface area contributed by atoms with Crippen LogP contribution in [0.1, 0.15) is 45.2 Å². The number of amides is 1. The summed E-state index contributed by atoms with van der Waals surface area (Å²) in [6, 6.07) is 6.17. The molecule has 0 radical (unpaired) electrons. The Kier molecular flexibility index (Phi) is 4.11. The number of hydrogen-bond acceptors (Lipinski definition) is 4. The summed E-state index contributed by atoms with van der Waals surface area (Å²) >= 11 is 6.43. The lowest BCUT2D eigenvalue weighted by atomic mass is 9.84. The highest BCUT2D eigenvalue weighted by Gasteiger charge is 2.28. The molecule has 2 N–H and O–H groups in total. The molecule has 1 fully saturated rings. The summed E-state index contributed by atoms with van der Waals surface area (Å²) in [6.45, 7) is 6.18. The van der Waals surface area contributed by atoms with E-state index in [4.69, 9.17) is 22.1 Å². The Bertz CT molecular complexity index is 1050. The van der Waals surface area contributed by atoms with Gasteiger partial charge in [0, 0.05) is 23.4 Å². The van der Waals surface area contributed by atoms with Crippen molar-refractivity contribution in [1.82, 2.24) is 14.5 Å². The van der Waals surface area contributed by atoms with Gasteiger partial charge in [-0.1, -0.05) is 38.4 Å². The number of ether oxygens (including phenoxy) is 1. The lowest BCUT2D eigenvalue weighted by Crippen LogP contribution is -2.20. The first-order valence-corrected chi connectivity index (χ1v) is 9.26. The highest BCUT2D eigenvalue weighted by molar-refractivity contribution is 6.35. The Morgan fingerprint density at radius 3 is 2.67 bits per heavy atom. The maximum atomic E-state index is 11.3. The standard InChI is InChI=1S/C20H21ClN4O2/c1-20(2,3)14-8-11(4-7-15(14)27-19(22)26)13-9-25(12-5-6-12)18-16(13)17(21)23-10-24-18/h4,7-10,12H,5-6H2,1-3H3,(H2,22,26). The lowest BCUT2D eigenvalue weighted by molar-refractivity contribution is 0.210. The fourth-order valence-electron chi connectivity index (χ4n) is 3.38. The maximum absolute atomic E-state index is 11.3. The van der Waals surface area contributed by atoms with Crippen molar-refractivity contribution in [2.75, 3.05) is 0 Å². The normalized spacial score (nSPS) is 14.5. The fourth-order valence-corrected chi connectivity index (χ4v) is 3.61. The second-order valence-corrected chi connectivity index (χ2v) is 8.28. The van der Waals surface area contributed by atoms with Crippen LogP contribution in [0.2, 0.25) is 5.15 Å². The molecule has 1 saturated carbocycles. The molecule has 1 amide bonds. The molecule has 0 bridgehead atoms. The average Bonchev–Trinajstić information content (AvgIpc) is 3.35. The third kappa shape index (κ3) is 3.25. The van der Waals surface area contributed by atoms with Crippen molar-refractivity contribution in [2.24, 2.45) is 5.73 Å². The molecule has 6 nitrogen and oxygen atoms in total. The topological polar surface area (TPSA) is 83.0 Å². The van der Waals surface area contributed by atoms with Crippen molar-refractivity contribution in [3.63, 3.8) is 0 Å². The number of carbonyl (C=O) groups excluding carboxylic acids is 1. The van der Waals surface area contributed by atoms with Crippen LogP contribution < -0.4 is 10.5 Å². The van der Waals surface area contributed by atoms with Crippen molar-refractivity contribution in [3.05, 3.63) is 41.4 Å². The minimum atomic E-state index is -0.824. The number of halogens is 1. The fraction of sp³-hybridized carbons (Fsp3) is 0.350. The second-order valence-electron chi connectivity index (χ2n) is 7.93. The van der Waals surface area contributed by atoms with E-state index < -0.39 is 6.09 Å². The minimum absolute atomic E-state index is 0.240. The highest BCUT2D eigenvalue weighted by Crippen LogP contribution is 2.43. The highest BCUT2D eigenvalue weighted by atomic mass is 35.5. The molecule has 4 rings (SSSR count). The number of nitrogens with two attached hydrogens (primary N) is 1. The summed E-state index contributed by atoms with van der Waals surface area (Å²) in [5, 5.41) is 1.28. The van der Waals surface area contributed by atoms with Crippen molar-refractivity contribution in [2.45, 2.75) is 45.1 Å². The van der Waals surface area contributed by atoms with Gasteiger partial charge in [0.25, 0.3) is 0 Å². The van der Waals surface area contributed by atoms with E-state index >= 15 is 0 Å². The largest absolute Gasteiger partial charge is 0.410 e. The molecule has 0 aliphatic heterocycles. The molecule has 7 heteroatoms. The molecule has 1 aliphatic carbocycles. The number of hydrogen-bond donors (Lipinski definition) is 1. The van der Waals surface area contributed by atoms with Crippen LogP contribution in [0, 0.1) is 0 Å². The Labute approximate surface area is 162 Å². The van der Waals surface area contributed by atoms with E-state index in [9.17, 15) is 4.79 Å². The Morgan fingerprint density at radius 1 is 1.30 bits per heavy atom. The summed E-state index contributed by atoms with van der Waals surface area (Å²) in [7, 11) is 0. The lowest BCUT2D eigenvalue weighted by Gasteiger charge is -2.22. The first-order valence-electron chi connectivity index (χ1n) is 8.89. The molecular formula is C20H21ClN4O2. The van der Waals surface area contributed by atoms with Crippen molar-refractivity contribution in [3.8, 4) is 16.9 Å². The third-order valence-electron chi connectivity index (χ3n) is 4.81. The Hall–Kier alpha value is -2.60. The summed E-state index contributed by atoms with van der Waals surface area (Å²) < 4.78 is 7.39. The van der Waals surface area contributed by atoms with E-state index in [1.807, 2.05) is 12.1 Å². The van der Waals surface area contributed by atoms with E-state index in [2.05, 4.69) is 41.5 Å². The molecule has 140 valence electrons. The smallest absolute Gasteiger partial charge is 0.409 e. The first-order chi connectivity index (χ1) is 12.8. The molecule has 2 heterocycles. The van der Waals surface area contributed by atoms with Gasteiger partial charge in [0.2, 0.25) is 0 Å². The predicted octanol–water partition coefficient (Wildman–Crippen LogP) is 4.84. The molecule has 0 unspecified atom stereocenters. The van der Waals surface area contributed by atoms with Crippen LogP contribution >= 0.6 is 11.6 Å². The van der Waals surface area contributed by atoms with Crippen LogP contribution in [0.25, 0.3) is 22.2 Å². The number of benzene rings is 1. The molecule has 27 heavy (non-hydrogen) atoms. The molecule has 1 aliphatic rings.